The van der Waals surface area contributed by atoms with Gasteiger partial charge in [0, 0.05) is 32.2 Å². The fraction of sp³-hybridized carbons (Fsp3) is 0.909. The minimum Gasteiger partial charge on any atom is -0.381 e. The maximum atomic E-state index is 11.8. The second kappa shape index (κ2) is 4.94. The molecule has 0 aromatic carbocycles. The highest BCUT2D eigenvalue weighted by Gasteiger charge is 2.34. The SMILES string of the molecule is COCC(=O)N(C[C@@H]1CCOC1)C1CC1. The lowest BCUT2D eigenvalue weighted by atomic mass is 10.1. The van der Waals surface area contributed by atoms with Gasteiger partial charge in [-0.25, -0.2) is 0 Å². The highest BCUT2D eigenvalue weighted by Crippen LogP contribution is 2.29. The van der Waals surface area contributed by atoms with E-state index in [1.54, 1.807) is 7.11 Å². The second-order valence-electron chi connectivity index (χ2n) is 4.44. The van der Waals surface area contributed by atoms with Crippen LogP contribution < -0.4 is 0 Å². The zero-order chi connectivity index (χ0) is 10.7. The summed E-state index contributed by atoms with van der Waals surface area (Å²) in [6, 6.07) is 0.480. The molecule has 0 N–H and O–H groups in total. The maximum Gasteiger partial charge on any atom is 0.248 e. The van der Waals surface area contributed by atoms with Crippen molar-refractivity contribution in [1.29, 1.82) is 0 Å². The first-order chi connectivity index (χ1) is 7.31. The van der Waals surface area contributed by atoms with E-state index in [1.807, 2.05) is 4.90 Å². The summed E-state index contributed by atoms with van der Waals surface area (Å²) in [5.74, 6) is 0.665. The second-order valence-corrected chi connectivity index (χ2v) is 4.44. The van der Waals surface area contributed by atoms with Crippen LogP contribution in [-0.2, 0) is 14.3 Å². The molecular weight excluding hydrogens is 194 g/mol. The highest BCUT2D eigenvalue weighted by atomic mass is 16.5. The molecule has 0 spiro atoms. The van der Waals surface area contributed by atoms with E-state index in [9.17, 15) is 4.79 Å². The Labute approximate surface area is 90.5 Å². The van der Waals surface area contributed by atoms with Crippen molar-refractivity contribution in [3.05, 3.63) is 0 Å². The van der Waals surface area contributed by atoms with Gasteiger partial charge in [-0.15, -0.1) is 0 Å². The molecule has 0 bridgehead atoms. The predicted molar refractivity (Wildman–Crippen MR) is 55.5 cm³/mol. The number of methoxy groups -OCH3 is 1. The normalized spacial score (nSPS) is 25.5. The maximum absolute atomic E-state index is 11.8. The molecule has 0 aromatic heterocycles. The van der Waals surface area contributed by atoms with Gasteiger partial charge in [-0.1, -0.05) is 0 Å². The predicted octanol–water partition coefficient (Wildman–Crippen LogP) is 0.660. The Morgan fingerprint density at radius 1 is 1.47 bits per heavy atom. The van der Waals surface area contributed by atoms with Crippen LogP contribution in [0.15, 0.2) is 0 Å². The van der Waals surface area contributed by atoms with Crippen molar-refractivity contribution in [3.8, 4) is 0 Å². The zero-order valence-corrected chi connectivity index (χ0v) is 9.28. The van der Waals surface area contributed by atoms with Crippen molar-refractivity contribution in [3.63, 3.8) is 0 Å². The Kier molecular flexibility index (Phi) is 3.59. The quantitative estimate of drug-likeness (QED) is 0.673. The summed E-state index contributed by atoms with van der Waals surface area (Å²) in [4.78, 5) is 13.8. The average Bonchev–Trinajstić information content (AvgIpc) is 2.93. The molecule has 0 radical (unpaired) electrons. The van der Waals surface area contributed by atoms with Gasteiger partial charge in [0.2, 0.25) is 5.91 Å². The molecule has 4 heteroatoms. The molecule has 15 heavy (non-hydrogen) atoms. The van der Waals surface area contributed by atoms with Crippen LogP contribution in [0.5, 0.6) is 0 Å². The van der Waals surface area contributed by atoms with Crippen molar-refractivity contribution >= 4 is 5.91 Å². The van der Waals surface area contributed by atoms with Crippen molar-refractivity contribution in [2.45, 2.75) is 25.3 Å². The van der Waals surface area contributed by atoms with Crippen LogP contribution in [0.3, 0.4) is 0 Å². The Bertz CT molecular complexity index is 222. The molecule has 1 saturated heterocycles. The fourth-order valence-electron chi connectivity index (χ4n) is 2.05. The summed E-state index contributed by atoms with van der Waals surface area (Å²) in [5, 5.41) is 0. The van der Waals surface area contributed by atoms with Crippen molar-refractivity contribution in [2.75, 3.05) is 33.5 Å². The smallest absolute Gasteiger partial charge is 0.248 e. The molecule has 1 heterocycles. The molecule has 1 saturated carbocycles. The van der Waals surface area contributed by atoms with Crippen molar-refractivity contribution < 1.29 is 14.3 Å². The van der Waals surface area contributed by atoms with Crippen molar-refractivity contribution in [1.82, 2.24) is 4.90 Å². The first kappa shape index (κ1) is 10.9. The third-order valence-electron chi connectivity index (χ3n) is 3.05. The highest BCUT2D eigenvalue weighted by molar-refractivity contribution is 5.78. The monoisotopic (exact) mass is 213 g/mol. The largest absolute Gasteiger partial charge is 0.381 e. The van der Waals surface area contributed by atoms with E-state index in [4.69, 9.17) is 9.47 Å². The Morgan fingerprint density at radius 3 is 2.80 bits per heavy atom. The third-order valence-corrected chi connectivity index (χ3v) is 3.05. The van der Waals surface area contributed by atoms with Gasteiger partial charge in [-0.3, -0.25) is 4.79 Å². The van der Waals surface area contributed by atoms with E-state index >= 15 is 0 Å². The molecule has 86 valence electrons. The topological polar surface area (TPSA) is 38.8 Å². The van der Waals surface area contributed by atoms with Gasteiger partial charge in [-0.05, 0) is 19.3 Å². The van der Waals surface area contributed by atoms with Crippen LogP contribution in [0.1, 0.15) is 19.3 Å². The summed E-state index contributed by atoms with van der Waals surface area (Å²) < 4.78 is 10.2. The number of rotatable bonds is 5. The van der Waals surface area contributed by atoms with Crippen LogP contribution in [0.25, 0.3) is 0 Å². The molecule has 0 unspecified atom stereocenters. The third kappa shape index (κ3) is 2.92. The van der Waals surface area contributed by atoms with Gasteiger partial charge < -0.3 is 14.4 Å². The number of carbonyl (C=O) groups is 1. The van der Waals surface area contributed by atoms with Crippen LogP contribution in [-0.4, -0.2) is 50.3 Å². The first-order valence-corrected chi connectivity index (χ1v) is 5.67. The summed E-state index contributed by atoms with van der Waals surface area (Å²) >= 11 is 0. The minimum atomic E-state index is 0.131. The average molecular weight is 213 g/mol. The zero-order valence-electron chi connectivity index (χ0n) is 9.28. The van der Waals surface area contributed by atoms with E-state index in [1.165, 1.54) is 0 Å². The lowest BCUT2D eigenvalue weighted by Gasteiger charge is -2.24. The standard InChI is InChI=1S/C11H19NO3/c1-14-8-11(13)12(10-2-3-10)6-9-4-5-15-7-9/h9-10H,2-8H2,1H3/t9-/m0/s1. The van der Waals surface area contributed by atoms with Crippen molar-refractivity contribution in [2.24, 2.45) is 5.92 Å². The molecule has 1 aliphatic carbocycles. The molecule has 2 rings (SSSR count). The number of ether oxygens (including phenoxy) is 2. The lowest BCUT2D eigenvalue weighted by Crippen LogP contribution is -2.39. The van der Waals surface area contributed by atoms with Gasteiger partial charge in [0.15, 0.2) is 0 Å². The Morgan fingerprint density at radius 2 is 2.27 bits per heavy atom. The van der Waals surface area contributed by atoms with Crippen LogP contribution >= 0.6 is 0 Å². The number of nitrogens with zero attached hydrogens (tertiary/aromatic N) is 1. The van der Waals surface area contributed by atoms with E-state index in [0.29, 0.717) is 12.0 Å². The molecular formula is C11H19NO3. The van der Waals surface area contributed by atoms with Gasteiger partial charge in [-0.2, -0.15) is 0 Å². The van der Waals surface area contributed by atoms with Crippen LogP contribution in [0, 0.1) is 5.92 Å². The number of amides is 1. The number of hydrogen-bond donors (Lipinski definition) is 0. The number of hydrogen-bond acceptors (Lipinski definition) is 3. The van der Waals surface area contributed by atoms with Crippen LogP contribution in [0.2, 0.25) is 0 Å². The van der Waals surface area contributed by atoms with Gasteiger partial charge in [0.05, 0.1) is 6.61 Å². The molecule has 0 aromatic rings. The van der Waals surface area contributed by atoms with E-state index < -0.39 is 0 Å². The van der Waals surface area contributed by atoms with E-state index in [-0.39, 0.29) is 12.5 Å². The Balaban J connectivity index is 1.84. The molecule has 2 aliphatic rings. The summed E-state index contributed by atoms with van der Waals surface area (Å²) in [6.45, 7) is 2.72. The molecule has 2 fully saturated rings. The van der Waals surface area contributed by atoms with Gasteiger partial charge in [0.25, 0.3) is 0 Å². The first-order valence-electron chi connectivity index (χ1n) is 5.67. The van der Waals surface area contributed by atoms with Gasteiger partial charge >= 0.3 is 0 Å². The molecule has 1 amide bonds. The minimum absolute atomic E-state index is 0.131. The van der Waals surface area contributed by atoms with Gasteiger partial charge in [0.1, 0.15) is 6.61 Å². The summed E-state index contributed by atoms with van der Waals surface area (Å²) in [6.07, 6.45) is 3.40. The van der Waals surface area contributed by atoms with E-state index in [2.05, 4.69) is 0 Å². The lowest BCUT2D eigenvalue weighted by molar-refractivity contribution is -0.136. The van der Waals surface area contributed by atoms with Crippen LogP contribution in [0.4, 0.5) is 0 Å². The molecule has 4 nitrogen and oxygen atoms in total. The Hall–Kier alpha value is -0.610. The van der Waals surface area contributed by atoms with E-state index in [0.717, 1.165) is 39.0 Å². The molecule has 1 aliphatic heterocycles. The number of carbonyl (C=O) groups excluding carboxylic acids is 1. The summed E-state index contributed by atoms with van der Waals surface area (Å²) in [7, 11) is 1.57. The molecule has 1 atom stereocenters. The summed E-state index contributed by atoms with van der Waals surface area (Å²) in [5.41, 5.74) is 0. The fourth-order valence-corrected chi connectivity index (χ4v) is 2.05.